The molecule has 3 rings (SSSR count). The Morgan fingerprint density at radius 3 is 2.33 bits per heavy atom. The number of halogens is 1. The Kier molecular flexibility index (Phi) is 8.13. The zero-order chi connectivity index (χ0) is 24.0. The number of carbonyl (C=O) groups is 1. The van der Waals surface area contributed by atoms with Gasteiger partial charge in [-0.2, -0.15) is 4.31 Å². The minimum Gasteiger partial charge on any atom is -0.497 e. The molecule has 0 aliphatic carbocycles. The third kappa shape index (κ3) is 6.57. The summed E-state index contributed by atoms with van der Waals surface area (Å²) < 4.78 is 33.1. The third-order valence-electron chi connectivity index (χ3n) is 5.21. The number of rotatable bonds is 9. The molecule has 1 atom stereocenters. The van der Waals surface area contributed by atoms with Gasteiger partial charge in [0.25, 0.3) is 0 Å². The van der Waals surface area contributed by atoms with Crippen molar-refractivity contribution in [3.8, 4) is 5.75 Å². The molecule has 8 heteroatoms. The lowest BCUT2D eigenvalue weighted by atomic mass is 10.1. The van der Waals surface area contributed by atoms with E-state index in [1.54, 1.807) is 7.11 Å². The van der Waals surface area contributed by atoms with Crippen molar-refractivity contribution in [3.63, 3.8) is 0 Å². The Bertz CT molecular complexity index is 1200. The average Bonchev–Trinajstić information content (AvgIpc) is 2.79. The van der Waals surface area contributed by atoms with Crippen LogP contribution < -0.4 is 10.1 Å². The first kappa shape index (κ1) is 24.8. The largest absolute Gasteiger partial charge is 0.497 e. The maximum atomic E-state index is 13.4. The number of methoxy groups -OCH3 is 1. The Hall–Kier alpha value is -2.87. The summed E-state index contributed by atoms with van der Waals surface area (Å²) in [4.78, 5) is 13.0. The normalized spacial score (nSPS) is 12.4. The molecule has 0 spiro atoms. The van der Waals surface area contributed by atoms with E-state index < -0.39 is 15.9 Å². The van der Waals surface area contributed by atoms with Crippen LogP contribution in [0.4, 0.5) is 0 Å². The van der Waals surface area contributed by atoms with E-state index in [2.05, 4.69) is 5.32 Å². The number of carbonyl (C=O) groups excluding carboxylic acids is 1. The van der Waals surface area contributed by atoms with Crippen LogP contribution in [0.2, 0.25) is 5.02 Å². The molecule has 6 nitrogen and oxygen atoms in total. The van der Waals surface area contributed by atoms with Crippen molar-refractivity contribution in [2.24, 2.45) is 0 Å². The number of nitrogens with one attached hydrogen (secondary N) is 1. The number of sulfonamides is 1. The summed E-state index contributed by atoms with van der Waals surface area (Å²) in [5.41, 5.74) is 2.69. The molecule has 174 valence electrons. The Labute approximate surface area is 200 Å². The van der Waals surface area contributed by atoms with Gasteiger partial charge in [0.15, 0.2) is 0 Å². The summed E-state index contributed by atoms with van der Waals surface area (Å²) in [6.45, 7) is 3.53. The average molecular weight is 487 g/mol. The van der Waals surface area contributed by atoms with E-state index in [1.807, 2.05) is 62.4 Å². The van der Waals surface area contributed by atoms with Crippen LogP contribution in [0, 0.1) is 6.92 Å². The Balaban J connectivity index is 1.82. The third-order valence-corrected chi connectivity index (χ3v) is 7.26. The van der Waals surface area contributed by atoms with E-state index in [1.165, 1.54) is 28.6 Å². The highest BCUT2D eigenvalue weighted by Crippen LogP contribution is 2.22. The predicted molar refractivity (Wildman–Crippen MR) is 130 cm³/mol. The molecule has 0 aliphatic heterocycles. The molecule has 33 heavy (non-hydrogen) atoms. The highest BCUT2D eigenvalue weighted by molar-refractivity contribution is 7.89. The molecule has 0 bridgehead atoms. The van der Waals surface area contributed by atoms with E-state index in [0.717, 1.165) is 22.4 Å². The fourth-order valence-electron chi connectivity index (χ4n) is 3.42. The number of aryl methyl sites for hydroxylation is 1. The molecule has 0 fully saturated rings. The van der Waals surface area contributed by atoms with Gasteiger partial charge in [0.2, 0.25) is 15.9 Å². The minimum atomic E-state index is -3.94. The zero-order valence-corrected chi connectivity index (χ0v) is 20.4. The van der Waals surface area contributed by atoms with Crippen molar-refractivity contribution in [1.82, 2.24) is 9.62 Å². The summed E-state index contributed by atoms with van der Waals surface area (Å²) in [6, 6.07) is 20.5. The van der Waals surface area contributed by atoms with Crippen LogP contribution in [0.25, 0.3) is 0 Å². The van der Waals surface area contributed by atoms with Crippen molar-refractivity contribution in [2.75, 3.05) is 13.7 Å². The highest BCUT2D eigenvalue weighted by atomic mass is 35.5. The van der Waals surface area contributed by atoms with Gasteiger partial charge in [-0.15, -0.1) is 0 Å². The van der Waals surface area contributed by atoms with Gasteiger partial charge in [0.05, 0.1) is 24.6 Å². The first-order valence-corrected chi connectivity index (χ1v) is 12.3. The van der Waals surface area contributed by atoms with Crippen LogP contribution in [-0.2, 0) is 21.4 Å². The molecule has 3 aromatic carbocycles. The predicted octanol–water partition coefficient (Wildman–Crippen LogP) is 4.73. The Morgan fingerprint density at radius 1 is 1.06 bits per heavy atom. The van der Waals surface area contributed by atoms with Gasteiger partial charge >= 0.3 is 0 Å². The number of nitrogens with zero attached hydrogens (tertiary/aromatic N) is 1. The van der Waals surface area contributed by atoms with Gasteiger partial charge in [-0.05, 0) is 61.4 Å². The lowest BCUT2D eigenvalue weighted by molar-refractivity contribution is -0.122. The van der Waals surface area contributed by atoms with Gasteiger partial charge < -0.3 is 10.1 Å². The number of amides is 1. The van der Waals surface area contributed by atoms with Gasteiger partial charge in [-0.25, -0.2) is 8.42 Å². The smallest absolute Gasteiger partial charge is 0.243 e. The summed E-state index contributed by atoms with van der Waals surface area (Å²) in [6.07, 6.45) is 0. The first-order chi connectivity index (χ1) is 15.7. The lowest BCUT2D eigenvalue weighted by Gasteiger charge is -2.23. The zero-order valence-electron chi connectivity index (χ0n) is 18.8. The van der Waals surface area contributed by atoms with Gasteiger partial charge in [0, 0.05) is 11.6 Å². The molecule has 1 unspecified atom stereocenters. The molecule has 0 aliphatic rings. The van der Waals surface area contributed by atoms with Crippen LogP contribution in [-0.4, -0.2) is 32.3 Å². The lowest BCUT2D eigenvalue weighted by Crippen LogP contribution is -2.41. The second kappa shape index (κ2) is 10.8. The second-order valence-electron chi connectivity index (χ2n) is 7.78. The summed E-state index contributed by atoms with van der Waals surface area (Å²) in [7, 11) is -2.35. The van der Waals surface area contributed by atoms with E-state index in [9.17, 15) is 13.2 Å². The molecule has 0 radical (unpaired) electrons. The first-order valence-electron chi connectivity index (χ1n) is 10.4. The highest BCUT2D eigenvalue weighted by Gasteiger charge is 2.27. The summed E-state index contributed by atoms with van der Waals surface area (Å²) in [5, 5.41) is 3.32. The topological polar surface area (TPSA) is 75.7 Å². The van der Waals surface area contributed by atoms with Gasteiger partial charge in [-0.1, -0.05) is 53.6 Å². The quantitative estimate of drug-likeness (QED) is 0.474. The number of ether oxygens (including phenoxy) is 1. The van der Waals surface area contributed by atoms with Crippen LogP contribution in [0.1, 0.15) is 29.7 Å². The van der Waals surface area contributed by atoms with E-state index in [0.29, 0.717) is 5.02 Å². The molecule has 1 amide bonds. The minimum absolute atomic E-state index is 0.0664. The van der Waals surface area contributed by atoms with Crippen LogP contribution >= 0.6 is 11.6 Å². The fourth-order valence-corrected chi connectivity index (χ4v) is 4.93. The van der Waals surface area contributed by atoms with Gasteiger partial charge in [-0.3, -0.25) is 4.79 Å². The molecule has 0 saturated carbocycles. The molecule has 3 aromatic rings. The molecule has 1 N–H and O–H groups in total. The Morgan fingerprint density at radius 2 is 1.73 bits per heavy atom. The van der Waals surface area contributed by atoms with E-state index in [-0.39, 0.29) is 24.0 Å². The summed E-state index contributed by atoms with van der Waals surface area (Å²) >= 11 is 5.93. The van der Waals surface area contributed by atoms with E-state index >= 15 is 0 Å². The number of hydrogen-bond acceptors (Lipinski definition) is 4. The monoisotopic (exact) mass is 486 g/mol. The van der Waals surface area contributed by atoms with Crippen LogP contribution in [0.5, 0.6) is 5.75 Å². The molecular weight excluding hydrogens is 460 g/mol. The van der Waals surface area contributed by atoms with Crippen molar-refractivity contribution in [3.05, 3.63) is 94.5 Å². The SMILES string of the molecule is COc1ccc(C(C)NC(=O)CN(Cc2cccc(C)c2)S(=O)(=O)c2ccc(Cl)cc2)cc1. The number of benzene rings is 3. The summed E-state index contributed by atoms with van der Waals surface area (Å²) in [5.74, 6) is 0.319. The molecule has 0 heterocycles. The second-order valence-corrected chi connectivity index (χ2v) is 10.2. The molecular formula is C25H27ClN2O4S. The molecule has 0 saturated heterocycles. The maximum Gasteiger partial charge on any atom is 0.243 e. The van der Waals surface area contributed by atoms with Crippen molar-refractivity contribution in [2.45, 2.75) is 31.3 Å². The van der Waals surface area contributed by atoms with E-state index in [4.69, 9.17) is 16.3 Å². The molecule has 0 aromatic heterocycles. The van der Waals surface area contributed by atoms with Crippen LogP contribution in [0.15, 0.2) is 77.7 Å². The van der Waals surface area contributed by atoms with Crippen molar-refractivity contribution in [1.29, 1.82) is 0 Å². The maximum absolute atomic E-state index is 13.4. The number of hydrogen-bond donors (Lipinski definition) is 1. The van der Waals surface area contributed by atoms with Crippen LogP contribution in [0.3, 0.4) is 0 Å². The fraction of sp³-hybridized carbons (Fsp3) is 0.240. The van der Waals surface area contributed by atoms with Gasteiger partial charge in [0.1, 0.15) is 5.75 Å². The van der Waals surface area contributed by atoms with Crippen molar-refractivity contribution >= 4 is 27.5 Å². The van der Waals surface area contributed by atoms with Crippen molar-refractivity contribution < 1.29 is 17.9 Å². The standard InChI is InChI=1S/C25H27ClN2O4S/c1-18-5-4-6-20(15-18)16-28(33(30,31)24-13-9-22(26)10-14-24)17-25(29)27-19(2)21-7-11-23(32-3)12-8-21/h4-15,19H,16-17H2,1-3H3,(H,27,29).